The summed E-state index contributed by atoms with van der Waals surface area (Å²) in [5.74, 6) is 1.15. The van der Waals surface area contributed by atoms with Gasteiger partial charge in [-0.3, -0.25) is 5.32 Å². The fraction of sp³-hybridized carbons (Fsp3) is 0.154. The van der Waals surface area contributed by atoms with Gasteiger partial charge in [0.2, 0.25) is 0 Å². The number of phenols is 1. The van der Waals surface area contributed by atoms with E-state index in [4.69, 9.17) is 11.6 Å². The van der Waals surface area contributed by atoms with Gasteiger partial charge in [-0.15, -0.1) is 0 Å². The molecule has 1 heterocycles. The van der Waals surface area contributed by atoms with E-state index in [-0.39, 0.29) is 5.75 Å². The van der Waals surface area contributed by atoms with Gasteiger partial charge in [-0.25, -0.2) is 4.98 Å². The molecule has 3 N–H and O–H groups in total. The summed E-state index contributed by atoms with van der Waals surface area (Å²) in [4.78, 5) is 3.19. The Morgan fingerprint density at radius 2 is 2.12 bits per heavy atom. The number of hydrogen-bond donors (Lipinski definition) is 2. The van der Waals surface area contributed by atoms with E-state index in [1.54, 1.807) is 18.2 Å². The van der Waals surface area contributed by atoms with Gasteiger partial charge in [-0.2, -0.15) is 0 Å². The zero-order valence-corrected chi connectivity index (χ0v) is 10.3. The van der Waals surface area contributed by atoms with E-state index in [1.165, 1.54) is 0 Å². The maximum absolute atomic E-state index is 9.66. The Balaban J connectivity index is 2.09. The van der Waals surface area contributed by atoms with Crippen LogP contribution in [0.4, 0.5) is 5.82 Å². The van der Waals surface area contributed by atoms with Crippen LogP contribution in [0, 0.1) is 6.92 Å². The highest BCUT2D eigenvalue weighted by molar-refractivity contribution is 6.30. The minimum atomic E-state index is 0.245. The average Bonchev–Trinajstić information content (AvgIpc) is 2.30. The van der Waals surface area contributed by atoms with E-state index in [9.17, 15) is 5.11 Å². The lowest BCUT2D eigenvalue weighted by Crippen LogP contribution is -2.15. The molecule has 4 heteroatoms. The van der Waals surface area contributed by atoms with Crippen LogP contribution in [0.2, 0.25) is 5.02 Å². The second-order valence-electron chi connectivity index (χ2n) is 3.87. The van der Waals surface area contributed by atoms with Crippen molar-refractivity contribution in [2.75, 3.05) is 5.32 Å². The number of hydrogen-bond acceptors (Lipinski definition) is 2. The van der Waals surface area contributed by atoms with Crippen LogP contribution in [0.25, 0.3) is 0 Å². The number of pyridine rings is 1. The maximum atomic E-state index is 9.66. The Bertz CT molecular complexity index is 529. The number of aryl methyl sites for hydroxylation is 1. The Labute approximate surface area is 105 Å². The van der Waals surface area contributed by atoms with Crippen molar-refractivity contribution in [2.45, 2.75) is 13.5 Å². The predicted molar refractivity (Wildman–Crippen MR) is 68.2 cm³/mol. The first-order chi connectivity index (χ1) is 8.15. The molecule has 0 saturated heterocycles. The summed E-state index contributed by atoms with van der Waals surface area (Å²) in [5.41, 5.74) is 1.85. The molecule has 2 rings (SSSR count). The van der Waals surface area contributed by atoms with Gasteiger partial charge < -0.3 is 5.11 Å². The molecule has 17 heavy (non-hydrogen) atoms. The summed E-state index contributed by atoms with van der Waals surface area (Å²) in [6.07, 6.45) is 0. The number of halogens is 1. The molecule has 0 saturated carbocycles. The highest BCUT2D eigenvalue weighted by Crippen LogP contribution is 2.21. The van der Waals surface area contributed by atoms with Crippen LogP contribution in [-0.4, -0.2) is 5.11 Å². The van der Waals surface area contributed by atoms with Crippen LogP contribution in [0.5, 0.6) is 5.75 Å². The van der Waals surface area contributed by atoms with Gasteiger partial charge in [-0.05, 0) is 31.2 Å². The van der Waals surface area contributed by atoms with Crippen LogP contribution in [0.1, 0.15) is 11.3 Å². The van der Waals surface area contributed by atoms with Crippen molar-refractivity contribution >= 4 is 17.4 Å². The summed E-state index contributed by atoms with van der Waals surface area (Å²) >= 11 is 5.88. The van der Waals surface area contributed by atoms with E-state index in [2.05, 4.69) is 10.3 Å². The molecule has 0 amide bonds. The molecule has 0 radical (unpaired) electrons. The lowest BCUT2D eigenvalue weighted by atomic mass is 10.2. The molecule has 1 aromatic heterocycles. The molecule has 3 nitrogen and oxygen atoms in total. The fourth-order valence-corrected chi connectivity index (χ4v) is 1.77. The van der Waals surface area contributed by atoms with Crippen molar-refractivity contribution in [3.8, 4) is 5.75 Å². The highest BCUT2D eigenvalue weighted by atomic mass is 35.5. The van der Waals surface area contributed by atoms with Crippen molar-refractivity contribution in [1.82, 2.24) is 0 Å². The maximum Gasteiger partial charge on any atom is 0.272 e. The number of aromatic amines is 1. The molecule has 0 aliphatic rings. The largest absolute Gasteiger partial charge is 0.508 e. The molecule has 0 aliphatic heterocycles. The van der Waals surface area contributed by atoms with E-state index >= 15 is 0 Å². The minimum Gasteiger partial charge on any atom is -0.508 e. The second kappa shape index (κ2) is 5.06. The summed E-state index contributed by atoms with van der Waals surface area (Å²) in [5, 5.41) is 13.5. The van der Waals surface area contributed by atoms with Crippen molar-refractivity contribution < 1.29 is 10.1 Å². The number of H-pyrrole nitrogens is 1. The summed E-state index contributed by atoms with van der Waals surface area (Å²) < 4.78 is 0. The van der Waals surface area contributed by atoms with Gasteiger partial charge >= 0.3 is 0 Å². The van der Waals surface area contributed by atoms with Gasteiger partial charge in [0.1, 0.15) is 12.3 Å². The van der Waals surface area contributed by atoms with Crippen LogP contribution < -0.4 is 10.3 Å². The number of phenolic OH excluding ortho intramolecular Hbond substituents is 1. The third-order valence-corrected chi connectivity index (χ3v) is 2.69. The van der Waals surface area contributed by atoms with Crippen molar-refractivity contribution in [1.29, 1.82) is 0 Å². The first-order valence-corrected chi connectivity index (χ1v) is 5.73. The quantitative estimate of drug-likeness (QED) is 0.879. The molecular weight excluding hydrogens is 236 g/mol. The Morgan fingerprint density at radius 3 is 2.88 bits per heavy atom. The topological polar surface area (TPSA) is 46.4 Å². The average molecular weight is 250 g/mol. The zero-order chi connectivity index (χ0) is 12.3. The molecule has 0 fully saturated rings. The highest BCUT2D eigenvalue weighted by Gasteiger charge is 2.06. The lowest BCUT2D eigenvalue weighted by Gasteiger charge is -2.03. The number of rotatable bonds is 3. The molecule has 0 aliphatic carbocycles. The number of anilines is 1. The van der Waals surface area contributed by atoms with Gasteiger partial charge in [-0.1, -0.05) is 17.7 Å². The van der Waals surface area contributed by atoms with Crippen LogP contribution in [0.15, 0.2) is 36.4 Å². The number of nitrogens with one attached hydrogen (secondary N) is 2. The van der Waals surface area contributed by atoms with E-state index in [0.717, 1.165) is 17.1 Å². The smallest absolute Gasteiger partial charge is 0.272 e. The van der Waals surface area contributed by atoms with Crippen molar-refractivity contribution in [2.24, 2.45) is 0 Å². The molecule has 1 aromatic carbocycles. The SMILES string of the molecule is Cc1cccc(NCc2cc(Cl)ccc2O)[nH+]1. The Kier molecular flexibility index (Phi) is 3.49. The molecular formula is C13H14ClN2O+. The van der Waals surface area contributed by atoms with Crippen molar-refractivity contribution in [3.63, 3.8) is 0 Å². The van der Waals surface area contributed by atoms with Gasteiger partial charge in [0.05, 0.1) is 5.69 Å². The Hall–Kier alpha value is -1.74. The Morgan fingerprint density at radius 1 is 1.29 bits per heavy atom. The molecule has 88 valence electrons. The molecule has 0 unspecified atom stereocenters. The first-order valence-electron chi connectivity index (χ1n) is 5.35. The number of aromatic nitrogens is 1. The summed E-state index contributed by atoms with van der Waals surface area (Å²) in [6.45, 7) is 2.51. The second-order valence-corrected chi connectivity index (χ2v) is 4.31. The third-order valence-electron chi connectivity index (χ3n) is 2.45. The standard InChI is InChI=1S/C13H13ClN2O/c1-9-3-2-4-13(16-9)15-8-10-7-11(14)5-6-12(10)17/h2-7,17H,8H2,1H3,(H,15,16)/p+1. The van der Waals surface area contributed by atoms with Crippen molar-refractivity contribution in [3.05, 3.63) is 52.7 Å². The number of benzene rings is 1. The van der Waals surface area contributed by atoms with Crippen LogP contribution in [0.3, 0.4) is 0 Å². The molecule has 0 spiro atoms. The molecule has 0 bridgehead atoms. The third kappa shape index (κ3) is 3.11. The first kappa shape index (κ1) is 11.7. The molecule has 0 atom stereocenters. The zero-order valence-electron chi connectivity index (χ0n) is 9.50. The summed E-state index contributed by atoms with van der Waals surface area (Å²) in [7, 11) is 0. The molecule has 2 aromatic rings. The van der Waals surface area contributed by atoms with Gasteiger partial charge in [0, 0.05) is 16.7 Å². The number of aromatic hydroxyl groups is 1. The summed E-state index contributed by atoms with van der Waals surface area (Å²) in [6, 6.07) is 10.9. The monoisotopic (exact) mass is 249 g/mol. The van der Waals surface area contributed by atoms with Gasteiger partial charge in [0.25, 0.3) is 5.82 Å². The van der Waals surface area contributed by atoms with E-state index in [0.29, 0.717) is 11.6 Å². The minimum absolute atomic E-state index is 0.245. The van der Waals surface area contributed by atoms with Gasteiger partial charge in [0.15, 0.2) is 0 Å². The van der Waals surface area contributed by atoms with Crippen LogP contribution in [-0.2, 0) is 6.54 Å². The van der Waals surface area contributed by atoms with Crippen LogP contribution >= 0.6 is 11.6 Å². The normalized spacial score (nSPS) is 10.2. The predicted octanol–water partition coefficient (Wildman–Crippen LogP) is 2.78. The lowest BCUT2D eigenvalue weighted by molar-refractivity contribution is -0.371. The van der Waals surface area contributed by atoms with E-state index in [1.807, 2.05) is 25.1 Å². The fourth-order valence-electron chi connectivity index (χ4n) is 1.57. The van der Waals surface area contributed by atoms with E-state index < -0.39 is 0 Å².